The molecule has 3 heteroatoms. The Hall–Kier alpha value is -2.81. The Morgan fingerprint density at radius 3 is 2.05 bits per heavy atom. The van der Waals surface area contributed by atoms with Crippen molar-refractivity contribution in [3.63, 3.8) is 0 Å². The molecule has 0 saturated heterocycles. The minimum Gasteiger partial charge on any atom is -0.394 e. The van der Waals surface area contributed by atoms with E-state index in [0.717, 1.165) is 16.8 Å². The molecule has 1 heterocycles. The second-order valence-electron chi connectivity index (χ2n) is 4.52. The number of rotatable bonds is 2. The molecule has 20 heavy (non-hydrogen) atoms. The van der Waals surface area contributed by atoms with Crippen molar-refractivity contribution in [1.29, 1.82) is 0 Å². The Bertz CT molecular complexity index is 777. The molecule has 0 fully saturated rings. The summed E-state index contributed by atoms with van der Waals surface area (Å²) in [5, 5.41) is 0. The maximum absolute atomic E-state index is 12.4. The number of nitrogens with zero attached hydrogens (tertiary/aromatic N) is 1. The first-order chi connectivity index (χ1) is 9.77. The van der Waals surface area contributed by atoms with E-state index in [-0.39, 0.29) is 11.2 Å². The largest absolute Gasteiger partial charge is 0.394 e. The topological polar surface area (TPSA) is 48.0 Å². The van der Waals surface area contributed by atoms with E-state index in [2.05, 4.69) is 0 Å². The van der Waals surface area contributed by atoms with Crippen molar-refractivity contribution in [2.24, 2.45) is 0 Å². The van der Waals surface area contributed by atoms with Gasteiger partial charge in [-0.2, -0.15) is 0 Å². The first-order valence-electron chi connectivity index (χ1n) is 6.39. The highest BCUT2D eigenvalue weighted by atomic mass is 16.1. The predicted octanol–water partition coefficient (Wildman–Crippen LogP) is 3.09. The molecular formula is C17H14N2O. The Morgan fingerprint density at radius 1 is 0.800 bits per heavy atom. The Balaban J connectivity index is 2.16. The Morgan fingerprint density at radius 2 is 1.40 bits per heavy atom. The van der Waals surface area contributed by atoms with Gasteiger partial charge in [0.05, 0.1) is 0 Å². The van der Waals surface area contributed by atoms with Crippen LogP contribution in [0.1, 0.15) is 0 Å². The van der Waals surface area contributed by atoms with E-state index in [9.17, 15) is 4.79 Å². The first-order valence-corrected chi connectivity index (χ1v) is 6.39. The quantitative estimate of drug-likeness (QED) is 0.771. The van der Waals surface area contributed by atoms with Gasteiger partial charge in [-0.25, -0.2) is 0 Å². The summed E-state index contributed by atoms with van der Waals surface area (Å²) in [4.78, 5) is 12.4. The number of benzene rings is 2. The van der Waals surface area contributed by atoms with Gasteiger partial charge >= 0.3 is 0 Å². The molecular weight excluding hydrogens is 248 g/mol. The van der Waals surface area contributed by atoms with Crippen molar-refractivity contribution >= 4 is 5.69 Å². The van der Waals surface area contributed by atoms with E-state index in [4.69, 9.17) is 5.73 Å². The number of aromatic nitrogens is 1. The molecule has 0 aliphatic rings. The summed E-state index contributed by atoms with van der Waals surface area (Å²) in [7, 11) is 0. The number of nitrogen functional groups attached to an aromatic ring is 1. The molecule has 3 aromatic rings. The molecule has 0 bridgehead atoms. The Labute approximate surface area is 116 Å². The van der Waals surface area contributed by atoms with Crippen molar-refractivity contribution in [2.45, 2.75) is 0 Å². The molecule has 2 aromatic carbocycles. The van der Waals surface area contributed by atoms with E-state index < -0.39 is 0 Å². The standard InChI is InChI=1S/C17H14N2O/c18-16-15(13-7-3-1-4-8-13)11-12-19(17(16)20)14-9-5-2-6-10-14/h1-12H,18H2. The third-order valence-electron chi connectivity index (χ3n) is 3.25. The van der Waals surface area contributed by atoms with E-state index >= 15 is 0 Å². The minimum atomic E-state index is -0.197. The Kier molecular flexibility index (Phi) is 3.09. The fraction of sp³-hybridized carbons (Fsp3) is 0. The zero-order valence-corrected chi connectivity index (χ0v) is 10.9. The van der Waals surface area contributed by atoms with Gasteiger partial charge in [0.25, 0.3) is 5.56 Å². The number of anilines is 1. The molecule has 0 unspecified atom stereocenters. The number of hydrogen-bond acceptors (Lipinski definition) is 2. The number of para-hydroxylation sites is 1. The van der Waals surface area contributed by atoms with Crippen molar-refractivity contribution < 1.29 is 0 Å². The highest BCUT2D eigenvalue weighted by Gasteiger charge is 2.09. The summed E-state index contributed by atoms with van der Waals surface area (Å²) in [6.07, 6.45) is 1.76. The van der Waals surface area contributed by atoms with Crippen LogP contribution >= 0.6 is 0 Å². The summed E-state index contributed by atoms with van der Waals surface area (Å²) in [5.74, 6) is 0. The van der Waals surface area contributed by atoms with Gasteiger partial charge in [0.15, 0.2) is 0 Å². The lowest BCUT2D eigenvalue weighted by Crippen LogP contribution is -2.21. The highest BCUT2D eigenvalue weighted by Crippen LogP contribution is 2.23. The van der Waals surface area contributed by atoms with Crippen molar-refractivity contribution in [1.82, 2.24) is 4.57 Å². The molecule has 0 atom stereocenters. The van der Waals surface area contributed by atoms with Gasteiger partial charge in [-0.3, -0.25) is 9.36 Å². The fourth-order valence-electron chi connectivity index (χ4n) is 2.21. The van der Waals surface area contributed by atoms with E-state index in [1.165, 1.54) is 0 Å². The van der Waals surface area contributed by atoms with Gasteiger partial charge in [0.2, 0.25) is 0 Å². The minimum absolute atomic E-state index is 0.197. The molecule has 0 amide bonds. The number of hydrogen-bond donors (Lipinski definition) is 1. The molecule has 1 aromatic heterocycles. The second-order valence-corrected chi connectivity index (χ2v) is 4.52. The van der Waals surface area contributed by atoms with Gasteiger partial charge in [-0.1, -0.05) is 48.5 Å². The first kappa shape index (κ1) is 12.2. The van der Waals surface area contributed by atoms with Crippen molar-refractivity contribution in [3.05, 3.63) is 83.3 Å². The zero-order valence-electron chi connectivity index (χ0n) is 10.9. The van der Waals surface area contributed by atoms with Crippen LogP contribution in [0.5, 0.6) is 0 Å². The summed E-state index contributed by atoms with van der Waals surface area (Å²) in [6.45, 7) is 0. The van der Waals surface area contributed by atoms with Crippen LogP contribution in [0.2, 0.25) is 0 Å². The van der Waals surface area contributed by atoms with Crippen molar-refractivity contribution in [2.75, 3.05) is 5.73 Å². The number of nitrogens with two attached hydrogens (primary N) is 1. The lowest BCUT2D eigenvalue weighted by atomic mass is 10.1. The highest BCUT2D eigenvalue weighted by molar-refractivity contribution is 5.75. The maximum Gasteiger partial charge on any atom is 0.278 e. The number of pyridine rings is 1. The van der Waals surface area contributed by atoms with Crippen LogP contribution in [-0.4, -0.2) is 4.57 Å². The maximum atomic E-state index is 12.4. The smallest absolute Gasteiger partial charge is 0.278 e. The third-order valence-corrected chi connectivity index (χ3v) is 3.25. The molecule has 0 spiro atoms. The second kappa shape index (κ2) is 5.05. The SMILES string of the molecule is Nc1c(-c2ccccc2)ccn(-c2ccccc2)c1=O. The van der Waals surface area contributed by atoms with E-state index in [0.29, 0.717) is 0 Å². The molecule has 0 aliphatic carbocycles. The van der Waals surface area contributed by atoms with Gasteiger partial charge in [-0.15, -0.1) is 0 Å². The molecule has 0 radical (unpaired) electrons. The molecule has 0 saturated carbocycles. The molecule has 3 rings (SSSR count). The third kappa shape index (κ3) is 2.10. The van der Waals surface area contributed by atoms with Gasteiger partial charge in [0, 0.05) is 17.4 Å². The monoisotopic (exact) mass is 262 g/mol. The van der Waals surface area contributed by atoms with E-state index in [1.54, 1.807) is 10.8 Å². The van der Waals surface area contributed by atoms with Crippen LogP contribution in [0.3, 0.4) is 0 Å². The van der Waals surface area contributed by atoms with Crippen molar-refractivity contribution in [3.8, 4) is 16.8 Å². The molecule has 98 valence electrons. The fourth-order valence-corrected chi connectivity index (χ4v) is 2.21. The average molecular weight is 262 g/mol. The lowest BCUT2D eigenvalue weighted by Gasteiger charge is -2.10. The van der Waals surface area contributed by atoms with Gasteiger partial charge in [-0.05, 0) is 23.8 Å². The van der Waals surface area contributed by atoms with E-state index in [1.807, 2.05) is 66.7 Å². The van der Waals surface area contributed by atoms with Crippen LogP contribution in [0, 0.1) is 0 Å². The van der Waals surface area contributed by atoms with Crippen LogP contribution in [-0.2, 0) is 0 Å². The average Bonchev–Trinajstić information content (AvgIpc) is 2.52. The molecule has 2 N–H and O–H groups in total. The summed E-state index contributed by atoms with van der Waals surface area (Å²) in [6, 6.07) is 21.0. The molecule has 3 nitrogen and oxygen atoms in total. The van der Waals surface area contributed by atoms with Crippen LogP contribution < -0.4 is 11.3 Å². The predicted molar refractivity (Wildman–Crippen MR) is 81.9 cm³/mol. The van der Waals surface area contributed by atoms with Crippen LogP contribution in [0.15, 0.2) is 77.7 Å². The summed E-state index contributed by atoms with van der Waals surface area (Å²) >= 11 is 0. The summed E-state index contributed by atoms with van der Waals surface area (Å²) < 4.78 is 1.56. The van der Waals surface area contributed by atoms with Crippen LogP contribution in [0.25, 0.3) is 16.8 Å². The lowest BCUT2D eigenvalue weighted by molar-refractivity contribution is 0.996. The van der Waals surface area contributed by atoms with Crippen LogP contribution in [0.4, 0.5) is 5.69 Å². The normalized spacial score (nSPS) is 10.4. The zero-order chi connectivity index (χ0) is 13.9. The summed E-state index contributed by atoms with van der Waals surface area (Å²) in [5.41, 5.74) is 8.61. The van der Waals surface area contributed by atoms with Gasteiger partial charge < -0.3 is 5.73 Å². The molecule has 0 aliphatic heterocycles. The van der Waals surface area contributed by atoms with Gasteiger partial charge in [0.1, 0.15) is 5.69 Å².